The van der Waals surface area contributed by atoms with Gasteiger partial charge < -0.3 is 9.84 Å². The van der Waals surface area contributed by atoms with Crippen LogP contribution in [0.25, 0.3) is 6.08 Å². The van der Waals surface area contributed by atoms with Gasteiger partial charge in [0.25, 0.3) is 0 Å². The van der Waals surface area contributed by atoms with Gasteiger partial charge in [0.1, 0.15) is 11.6 Å². The second kappa shape index (κ2) is 6.70. The van der Waals surface area contributed by atoms with Gasteiger partial charge in [0, 0.05) is 10.5 Å². The molecule has 2 aromatic rings. The second-order valence-corrected chi connectivity index (χ2v) is 5.22. The molecule has 6 heteroatoms. The van der Waals surface area contributed by atoms with Crippen molar-refractivity contribution in [3.8, 4) is 11.5 Å². The summed E-state index contributed by atoms with van der Waals surface area (Å²) in [5, 5.41) is 9.60. The molecule has 0 unspecified atom stereocenters. The highest BCUT2D eigenvalue weighted by molar-refractivity contribution is 9.10. The Bertz CT molecular complexity index is 757. The van der Waals surface area contributed by atoms with E-state index in [2.05, 4.69) is 15.9 Å². The number of ether oxygens (including phenoxy) is 1. The van der Waals surface area contributed by atoms with Gasteiger partial charge >= 0.3 is 0 Å². The van der Waals surface area contributed by atoms with Crippen LogP contribution in [0.2, 0.25) is 0 Å². The molecule has 0 amide bonds. The van der Waals surface area contributed by atoms with Gasteiger partial charge in [-0.2, -0.15) is 0 Å². The molecule has 1 N–H and O–H groups in total. The highest BCUT2D eigenvalue weighted by Gasteiger charge is 2.11. The van der Waals surface area contributed by atoms with Crippen molar-refractivity contribution in [2.45, 2.75) is 0 Å². The third kappa shape index (κ3) is 3.51. The minimum atomic E-state index is -0.919. The fourth-order valence-corrected chi connectivity index (χ4v) is 2.26. The Hall–Kier alpha value is -2.21. The second-order valence-electron chi connectivity index (χ2n) is 4.37. The first kappa shape index (κ1) is 16.2. The van der Waals surface area contributed by atoms with Crippen LogP contribution in [0.15, 0.2) is 40.9 Å². The van der Waals surface area contributed by atoms with Crippen molar-refractivity contribution in [3.63, 3.8) is 0 Å². The predicted octanol–water partition coefficient (Wildman–Crippen LogP) is 4.34. The Kier molecular flexibility index (Phi) is 4.92. The Morgan fingerprint density at radius 2 is 2.00 bits per heavy atom. The number of rotatable bonds is 4. The molecule has 0 saturated heterocycles. The quantitative estimate of drug-likeness (QED) is 0.644. The van der Waals surface area contributed by atoms with E-state index in [1.54, 1.807) is 0 Å². The number of aromatic hydroxyl groups is 1. The van der Waals surface area contributed by atoms with Crippen molar-refractivity contribution in [2.75, 3.05) is 7.11 Å². The Morgan fingerprint density at radius 3 is 2.64 bits per heavy atom. The van der Waals surface area contributed by atoms with Crippen molar-refractivity contribution in [2.24, 2.45) is 0 Å². The maximum absolute atomic E-state index is 13.5. The van der Waals surface area contributed by atoms with Crippen LogP contribution in [-0.4, -0.2) is 18.0 Å². The van der Waals surface area contributed by atoms with Gasteiger partial charge in [0.15, 0.2) is 17.3 Å². The molecule has 0 radical (unpaired) electrons. The number of allylic oxidation sites excluding steroid dienone is 1. The van der Waals surface area contributed by atoms with E-state index in [0.29, 0.717) is 16.1 Å². The molecule has 0 aliphatic heterocycles. The minimum Gasteiger partial charge on any atom is -0.504 e. The van der Waals surface area contributed by atoms with Gasteiger partial charge in [-0.15, -0.1) is 0 Å². The van der Waals surface area contributed by atoms with Crippen molar-refractivity contribution < 1.29 is 23.4 Å². The predicted molar refractivity (Wildman–Crippen MR) is 82.1 cm³/mol. The third-order valence-corrected chi connectivity index (χ3v) is 3.60. The molecule has 0 aliphatic carbocycles. The number of methoxy groups -OCH3 is 1. The van der Waals surface area contributed by atoms with E-state index < -0.39 is 17.4 Å². The first-order chi connectivity index (χ1) is 10.4. The molecular formula is C16H11BrF2O3. The molecule has 2 rings (SSSR count). The number of ketones is 1. The zero-order valence-electron chi connectivity index (χ0n) is 11.4. The highest BCUT2D eigenvalue weighted by Crippen LogP contribution is 2.33. The first-order valence-corrected chi connectivity index (χ1v) is 6.95. The number of carbonyl (C=O) groups is 1. The summed E-state index contributed by atoms with van der Waals surface area (Å²) in [6.07, 6.45) is 2.60. The largest absolute Gasteiger partial charge is 0.504 e. The van der Waals surface area contributed by atoms with Gasteiger partial charge in [0.2, 0.25) is 0 Å². The number of phenols is 1. The summed E-state index contributed by atoms with van der Waals surface area (Å²) in [7, 11) is 1.40. The molecule has 2 aromatic carbocycles. The summed E-state index contributed by atoms with van der Waals surface area (Å²) in [6.45, 7) is 0. The lowest BCUT2D eigenvalue weighted by molar-refractivity contribution is 0.104. The van der Waals surface area contributed by atoms with Crippen LogP contribution < -0.4 is 4.74 Å². The van der Waals surface area contributed by atoms with Crippen LogP contribution >= 0.6 is 15.9 Å². The average molecular weight is 369 g/mol. The van der Waals surface area contributed by atoms with Gasteiger partial charge in [-0.25, -0.2) is 8.78 Å². The molecule has 0 aliphatic rings. The smallest absolute Gasteiger partial charge is 0.188 e. The molecule has 0 aromatic heterocycles. The van der Waals surface area contributed by atoms with Crippen LogP contribution in [-0.2, 0) is 0 Å². The molecule has 0 atom stereocenters. The molecule has 22 heavy (non-hydrogen) atoms. The summed E-state index contributed by atoms with van der Waals surface area (Å²) in [5.74, 6) is -2.08. The van der Waals surface area contributed by atoms with Crippen molar-refractivity contribution in [1.29, 1.82) is 0 Å². The minimum absolute atomic E-state index is 0.0533. The third-order valence-electron chi connectivity index (χ3n) is 2.91. The van der Waals surface area contributed by atoms with Crippen molar-refractivity contribution >= 4 is 27.8 Å². The summed E-state index contributed by atoms with van der Waals surface area (Å²) in [5.41, 5.74) is 0.338. The van der Waals surface area contributed by atoms with Crippen molar-refractivity contribution in [3.05, 3.63) is 63.6 Å². The molecule has 3 nitrogen and oxygen atoms in total. The van der Waals surface area contributed by atoms with Crippen LogP contribution in [0.4, 0.5) is 8.78 Å². The summed E-state index contributed by atoms with van der Waals surface area (Å²) in [4.78, 5) is 11.9. The van der Waals surface area contributed by atoms with E-state index in [4.69, 9.17) is 4.74 Å². The van der Waals surface area contributed by atoms with Crippen LogP contribution in [0.1, 0.15) is 15.9 Å². The fraction of sp³-hybridized carbons (Fsp3) is 0.0625. The van der Waals surface area contributed by atoms with E-state index in [1.807, 2.05) is 0 Å². The number of benzene rings is 2. The van der Waals surface area contributed by atoms with E-state index in [0.717, 1.165) is 18.2 Å². The van der Waals surface area contributed by atoms with Crippen LogP contribution in [0.5, 0.6) is 11.5 Å². The first-order valence-electron chi connectivity index (χ1n) is 6.16. The van der Waals surface area contributed by atoms with Gasteiger partial charge in [-0.05, 0) is 42.0 Å². The SMILES string of the molecule is COc1cc(/C=C/C(=O)c2ccc(F)cc2F)c(Br)cc1O. The molecule has 0 bridgehead atoms. The topological polar surface area (TPSA) is 46.5 Å². The summed E-state index contributed by atoms with van der Waals surface area (Å²) < 4.78 is 31.9. The van der Waals surface area contributed by atoms with Crippen molar-refractivity contribution in [1.82, 2.24) is 0 Å². The standard InChI is InChI=1S/C16H11BrF2O3/c1-22-16-6-9(12(17)8-15(16)21)2-5-14(20)11-4-3-10(18)7-13(11)19/h2-8,21H,1H3/b5-2+. The lowest BCUT2D eigenvalue weighted by Crippen LogP contribution is -1.99. The highest BCUT2D eigenvalue weighted by atomic mass is 79.9. The number of hydrogen-bond donors (Lipinski definition) is 1. The fourth-order valence-electron chi connectivity index (χ4n) is 1.79. The molecule has 0 fully saturated rings. The van der Waals surface area contributed by atoms with E-state index >= 15 is 0 Å². The van der Waals surface area contributed by atoms with E-state index in [9.17, 15) is 18.7 Å². The number of halogens is 3. The van der Waals surface area contributed by atoms with Gasteiger partial charge in [-0.1, -0.05) is 15.9 Å². The zero-order valence-corrected chi connectivity index (χ0v) is 13.0. The number of hydrogen-bond acceptors (Lipinski definition) is 3. The van der Waals surface area contributed by atoms with E-state index in [-0.39, 0.29) is 17.1 Å². The Morgan fingerprint density at radius 1 is 1.27 bits per heavy atom. The van der Waals surface area contributed by atoms with Crippen LogP contribution in [0, 0.1) is 11.6 Å². The lowest BCUT2D eigenvalue weighted by Gasteiger charge is -2.06. The average Bonchev–Trinajstić information content (AvgIpc) is 2.46. The lowest BCUT2D eigenvalue weighted by atomic mass is 10.1. The summed E-state index contributed by atoms with van der Waals surface area (Å²) in [6, 6.07) is 5.69. The normalized spacial score (nSPS) is 10.9. The monoisotopic (exact) mass is 368 g/mol. The van der Waals surface area contributed by atoms with Gasteiger partial charge in [-0.3, -0.25) is 4.79 Å². The van der Waals surface area contributed by atoms with Crippen LogP contribution in [0.3, 0.4) is 0 Å². The Balaban J connectivity index is 2.30. The summed E-state index contributed by atoms with van der Waals surface area (Å²) >= 11 is 3.24. The van der Waals surface area contributed by atoms with Gasteiger partial charge in [0.05, 0.1) is 12.7 Å². The molecule has 114 valence electrons. The maximum Gasteiger partial charge on any atom is 0.188 e. The molecule has 0 heterocycles. The molecular weight excluding hydrogens is 358 g/mol. The Labute approximate surface area is 134 Å². The van der Waals surface area contributed by atoms with E-state index in [1.165, 1.54) is 25.3 Å². The molecule has 0 saturated carbocycles. The zero-order chi connectivity index (χ0) is 16.3. The molecule has 0 spiro atoms. The maximum atomic E-state index is 13.5. The number of phenolic OH excluding ortho intramolecular Hbond substituents is 1. The number of carbonyl (C=O) groups excluding carboxylic acids is 1.